The lowest BCUT2D eigenvalue weighted by atomic mass is 10.2. The molecule has 15 heavy (non-hydrogen) atoms. The van der Waals surface area contributed by atoms with Gasteiger partial charge in [0.25, 0.3) is 0 Å². The minimum atomic E-state index is -0.735. The van der Waals surface area contributed by atoms with Gasteiger partial charge in [-0.15, -0.1) is 0 Å². The van der Waals surface area contributed by atoms with Gasteiger partial charge in [-0.05, 0) is 33.2 Å². The number of rotatable bonds is 7. The van der Waals surface area contributed by atoms with Gasteiger partial charge in [0.1, 0.15) is 6.04 Å². The Balaban J connectivity index is 2.43. The highest BCUT2D eigenvalue weighted by Crippen LogP contribution is 2.19. The number of carbonyl (C=O) groups is 1. The Labute approximate surface area is 91.6 Å². The second kappa shape index (κ2) is 5.47. The quantitative estimate of drug-likeness (QED) is 0.662. The van der Waals surface area contributed by atoms with Crippen LogP contribution < -0.4 is 5.32 Å². The Morgan fingerprint density at radius 2 is 2.13 bits per heavy atom. The fourth-order valence-electron chi connectivity index (χ4n) is 1.68. The number of hydrogen-bond donors (Lipinski definition) is 2. The van der Waals surface area contributed by atoms with Crippen molar-refractivity contribution in [1.29, 1.82) is 0 Å². The van der Waals surface area contributed by atoms with Crippen LogP contribution in [0.3, 0.4) is 0 Å². The topological polar surface area (TPSA) is 52.6 Å². The molecule has 1 saturated carbocycles. The molecule has 0 bridgehead atoms. The number of nitrogens with one attached hydrogen (secondary N) is 1. The van der Waals surface area contributed by atoms with Crippen LogP contribution in [0.15, 0.2) is 0 Å². The Hall–Kier alpha value is -0.610. The number of nitrogens with zero attached hydrogens (tertiary/aromatic N) is 1. The lowest BCUT2D eigenvalue weighted by molar-refractivity contribution is -0.140. The molecule has 0 saturated heterocycles. The Morgan fingerprint density at radius 3 is 2.47 bits per heavy atom. The SMILES string of the molecule is CCN(CC(NC1CC1)C(=O)O)C(C)C. The molecule has 4 heteroatoms. The molecule has 0 aromatic rings. The van der Waals surface area contributed by atoms with E-state index in [2.05, 4.69) is 31.0 Å². The molecule has 1 aliphatic rings. The molecule has 88 valence electrons. The van der Waals surface area contributed by atoms with Crippen LogP contribution in [0, 0.1) is 0 Å². The van der Waals surface area contributed by atoms with Crippen LogP contribution in [-0.4, -0.2) is 47.2 Å². The van der Waals surface area contributed by atoms with Crippen molar-refractivity contribution in [2.45, 2.75) is 51.7 Å². The minimum absolute atomic E-state index is 0.401. The maximum absolute atomic E-state index is 11.0. The summed E-state index contributed by atoms with van der Waals surface area (Å²) in [5, 5.41) is 12.3. The Kier molecular flexibility index (Phi) is 4.54. The van der Waals surface area contributed by atoms with Crippen molar-refractivity contribution in [3.8, 4) is 0 Å². The second-order valence-corrected chi connectivity index (χ2v) is 4.51. The second-order valence-electron chi connectivity index (χ2n) is 4.51. The Bertz CT molecular complexity index is 215. The van der Waals surface area contributed by atoms with Crippen molar-refractivity contribution < 1.29 is 9.90 Å². The first-order valence-corrected chi connectivity index (χ1v) is 5.77. The molecule has 0 aliphatic heterocycles. The van der Waals surface area contributed by atoms with Gasteiger partial charge in [0.2, 0.25) is 0 Å². The van der Waals surface area contributed by atoms with E-state index in [4.69, 9.17) is 5.11 Å². The van der Waals surface area contributed by atoms with Gasteiger partial charge in [-0.2, -0.15) is 0 Å². The highest BCUT2D eigenvalue weighted by molar-refractivity contribution is 5.73. The summed E-state index contributed by atoms with van der Waals surface area (Å²) in [4.78, 5) is 13.2. The zero-order valence-electron chi connectivity index (χ0n) is 9.86. The van der Waals surface area contributed by atoms with Gasteiger partial charge < -0.3 is 10.4 Å². The van der Waals surface area contributed by atoms with Crippen molar-refractivity contribution in [2.24, 2.45) is 0 Å². The average molecular weight is 214 g/mol. The molecular weight excluding hydrogens is 192 g/mol. The zero-order chi connectivity index (χ0) is 11.4. The van der Waals surface area contributed by atoms with Crippen molar-refractivity contribution in [3.05, 3.63) is 0 Å². The molecule has 0 aromatic carbocycles. The van der Waals surface area contributed by atoms with Gasteiger partial charge in [0.15, 0.2) is 0 Å². The molecule has 1 rings (SSSR count). The van der Waals surface area contributed by atoms with Crippen LogP contribution in [0.2, 0.25) is 0 Å². The predicted molar refractivity (Wildman–Crippen MR) is 60.0 cm³/mol. The van der Waals surface area contributed by atoms with E-state index in [1.54, 1.807) is 0 Å². The van der Waals surface area contributed by atoms with Crippen LogP contribution in [0.5, 0.6) is 0 Å². The highest BCUT2D eigenvalue weighted by Gasteiger charge is 2.29. The summed E-state index contributed by atoms with van der Waals surface area (Å²) in [6.45, 7) is 7.75. The van der Waals surface area contributed by atoms with Crippen LogP contribution in [-0.2, 0) is 4.79 Å². The molecule has 0 aromatic heterocycles. The van der Waals surface area contributed by atoms with Crippen molar-refractivity contribution >= 4 is 5.97 Å². The van der Waals surface area contributed by atoms with Crippen LogP contribution in [0.4, 0.5) is 0 Å². The number of carboxylic acid groups (broad SMARTS) is 1. The van der Waals surface area contributed by atoms with Crippen molar-refractivity contribution in [1.82, 2.24) is 10.2 Å². The largest absolute Gasteiger partial charge is 0.480 e. The van der Waals surface area contributed by atoms with Crippen LogP contribution in [0.25, 0.3) is 0 Å². The average Bonchev–Trinajstić information content (AvgIpc) is 2.94. The summed E-state index contributed by atoms with van der Waals surface area (Å²) in [5.74, 6) is -0.735. The molecule has 4 nitrogen and oxygen atoms in total. The lowest BCUT2D eigenvalue weighted by Crippen LogP contribution is -2.48. The maximum atomic E-state index is 11.0. The molecule has 1 unspecified atom stereocenters. The third-order valence-electron chi connectivity index (χ3n) is 2.87. The zero-order valence-corrected chi connectivity index (χ0v) is 9.86. The number of carboxylic acids is 1. The van der Waals surface area contributed by atoms with Gasteiger partial charge in [-0.3, -0.25) is 9.69 Å². The van der Waals surface area contributed by atoms with Crippen molar-refractivity contribution in [3.63, 3.8) is 0 Å². The van der Waals surface area contributed by atoms with Gasteiger partial charge in [-0.1, -0.05) is 6.92 Å². The molecule has 0 spiro atoms. The maximum Gasteiger partial charge on any atom is 0.322 e. The molecule has 1 atom stereocenters. The lowest BCUT2D eigenvalue weighted by Gasteiger charge is -2.28. The Morgan fingerprint density at radius 1 is 1.53 bits per heavy atom. The first-order valence-electron chi connectivity index (χ1n) is 5.77. The normalized spacial score (nSPS) is 18.5. The van der Waals surface area contributed by atoms with E-state index >= 15 is 0 Å². The van der Waals surface area contributed by atoms with Gasteiger partial charge >= 0.3 is 5.97 Å². The minimum Gasteiger partial charge on any atom is -0.480 e. The highest BCUT2D eigenvalue weighted by atomic mass is 16.4. The molecule has 1 aliphatic carbocycles. The fourth-order valence-corrected chi connectivity index (χ4v) is 1.68. The summed E-state index contributed by atoms with van der Waals surface area (Å²) in [6.07, 6.45) is 2.25. The third-order valence-corrected chi connectivity index (χ3v) is 2.87. The molecule has 2 N–H and O–H groups in total. The smallest absolute Gasteiger partial charge is 0.322 e. The summed E-state index contributed by atoms with van der Waals surface area (Å²) >= 11 is 0. The standard InChI is InChI=1S/C11H22N2O2/c1-4-13(8(2)3)7-10(11(14)15)12-9-5-6-9/h8-10,12H,4-7H2,1-3H3,(H,14,15). The number of likely N-dealkylation sites (N-methyl/N-ethyl adjacent to an activating group) is 1. The van der Waals surface area contributed by atoms with Crippen LogP contribution >= 0.6 is 0 Å². The van der Waals surface area contributed by atoms with E-state index in [-0.39, 0.29) is 0 Å². The van der Waals surface area contributed by atoms with E-state index in [1.165, 1.54) is 0 Å². The summed E-state index contributed by atoms with van der Waals surface area (Å²) in [7, 11) is 0. The summed E-state index contributed by atoms with van der Waals surface area (Å²) < 4.78 is 0. The van der Waals surface area contributed by atoms with Gasteiger partial charge in [0.05, 0.1) is 0 Å². The summed E-state index contributed by atoms with van der Waals surface area (Å²) in [6, 6.07) is 0.426. The molecule has 1 fully saturated rings. The molecule has 0 radical (unpaired) electrons. The van der Waals surface area contributed by atoms with Crippen molar-refractivity contribution in [2.75, 3.05) is 13.1 Å². The van der Waals surface area contributed by atoms with Gasteiger partial charge in [-0.25, -0.2) is 0 Å². The van der Waals surface area contributed by atoms with Gasteiger partial charge in [0, 0.05) is 18.6 Å². The molecule has 0 heterocycles. The van der Waals surface area contributed by atoms with E-state index < -0.39 is 12.0 Å². The summed E-state index contributed by atoms with van der Waals surface area (Å²) in [5.41, 5.74) is 0. The first kappa shape index (κ1) is 12.5. The number of hydrogen-bond acceptors (Lipinski definition) is 3. The molecular formula is C11H22N2O2. The fraction of sp³-hybridized carbons (Fsp3) is 0.909. The van der Waals surface area contributed by atoms with E-state index in [0.29, 0.717) is 18.6 Å². The first-order chi connectivity index (χ1) is 7.04. The van der Waals surface area contributed by atoms with E-state index in [1.807, 2.05) is 0 Å². The predicted octanol–water partition coefficient (Wildman–Crippen LogP) is 0.922. The third kappa shape index (κ3) is 4.18. The number of aliphatic carboxylic acids is 1. The monoisotopic (exact) mass is 214 g/mol. The molecule has 0 amide bonds. The van der Waals surface area contributed by atoms with E-state index in [0.717, 1.165) is 19.4 Å². The van der Waals surface area contributed by atoms with Crippen LogP contribution in [0.1, 0.15) is 33.6 Å². The van der Waals surface area contributed by atoms with E-state index in [9.17, 15) is 4.79 Å².